The van der Waals surface area contributed by atoms with Crippen LogP contribution in [0.3, 0.4) is 0 Å². The molecule has 1 heterocycles. The van der Waals surface area contributed by atoms with Crippen LogP contribution in [0.1, 0.15) is 5.56 Å². The summed E-state index contributed by atoms with van der Waals surface area (Å²) in [4.78, 5) is 11.8. The second kappa shape index (κ2) is 5.99. The van der Waals surface area contributed by atoms with Crippen molar-refractivity contribution in [2.75, 3.05) is 16.8 Å². The van der Waals surface area contributed by atoms with E-state index in [1.54, 1.807) is 18.2 Å². The first-order valence-corrected chi connectivity index (χ1v) is 7.84. The maximum atomic E-state index is 11.9. The van der Waals surface area contributed by atoms with E-state index in [9.17, 15) is 9.00 Å². The number of rotatable bonds is 4. The Bertz CT molecular complexity index is 609. The summed E-state index contributed by atoms with van der Waals surface area (Å²) in [6, 6.07) is 8.88. The van der Waals surface area contributed by atoms with Crippen LogP contribution in [-0.2, 0) is 15.6 Å². The summed E-state index contributed by atoms with van der Waals surface area (Å²) in [5.41, 5.74) is 7.84. The highest BCUT2D eigenvalue weighted by atomic mass is 32.2. The molecule has 1 unspecified atom stereocenters. The standard InChI is InChI=1S/C13H14N2O2S2/c1-9-4-5-10(14)7-11(9)15-12(16)8-19(17)13-3-2-6-18-13/h2-7H,8,14H2,1H3,(H,15,16). The molecule has 0 aliphatic heterocycles. The first-order chi connectivity index (χ1) is 9.06. The molecule has 0 saturated heterocycles. The van der Waals surface area contributed by atoms with Crippen molar-refractivity contribution in [3.8, 4) is 0 Å². The Hall–Kier alpha value is -1.66. The highest BCUT2D eigenvalue weighted by Crippen LogP contribution is 2.19. The zero-order valence-electron chi connectivity index (χ0n) is 10.4. The summed E-state index contributed by atoms with van der Waals surface area (Å²) < 4.78 is 12.6. The van der Waals surface area contributed by atoms with Crippen LogP contribution in [-0.4, -0.2) is 15.9 Å². The zero-order chi connectivity index (χ0) is 13.8. The van der Waals surface area contributed by atoms with Crippen molar-refractivity contribution in [2.24, 2.45) is 0 Å². The first kappa shape index (κ1) is 13.8. The maximum Gasteiger partial charge on any atom is 0.237 e. The predicted octanol–water partition coefficient (Wildman–Crippen LogP) is 2.39. The van der Waals surface area contributed by atoms with Gasteiger partial charge in [0.05, 0.1) is 15.0 Å². The van der Waals surface area contributed by atoms with E-state index in [4.69, 9.17) is 5.73 Å². The van der Waals surface area contributed by atoms with Crippen LogP contribution in [0, 0.1) is 6.92 Å². The normalized spacial score (nSPS) is 12.1. The lowest BCUT2D eigenvalue weighted by atomic mass is 10.2. The average molecular weight is 294 g/mol. The SMILES string of the molecule is Cc1ccc(N)cc1NC(=O)CS(=O)c1cccs1. The molecule has 1 aromatic heterocycles. The van der Waals surface area contributed by atoms with Gasteiger partial charge in [-0.15, -0.1) is 11.3 Å². The summed E-state index contributed by atoms with van der Waals surface area (Å²) in [5.74, 6) is -0.324. The zero-order valence-corrected chi connectivity index (χ0v) is 12.0. The molecule has 2 aromatic rings. The topological polar surface area (TPSA) is 72.2 Å². The van der Waals surface area contributed by atoms with Crippen molar-refractivity contribution in [3.05, 3.63) is 41.3 Å². The summed E-state index contributed by atoms with van der Waals surface area (Å²) in [7, 11) is -1.29. The second-order valence-corrected chi connectivity index (χ2v) is 6.67. The molecular formula is C13H14N2O2S2. The average Bonchev–Trinajstić information content (AvgIpc) is 2.87. The lowest BCUT2D eigenvalue weighted by Gasteiger charge is -2.08. The van der Waals surface area contributed by atoms with Crippen LogP contribution in [0.4, 0.5) is 11.4 Å². The number of benzene rings is 1. The van der Waals surface area contributed by atoms with E-state index in [0.29, 0.717) is 15.6 Å². The fraction of sp³-hybridized carbons (Fsp3) is 0.154. The highest BCUT2D eigenvalue weighted by Gasteiger charge is 2.12. The van der Waals surface area contributed by atoms with Crippen LogP contribution in [0.2, 0.25) is 0 Å². The molecule has 4 nitrogen and oxygen atoms in total. The smallest absolute Gasteiger partial charge is 0.237 e. The minimum Gasteiger partial charge on any atom is -0.399 e. The van der Waals surface area contributed by atoms with Crippen molar-refractivity contribution in [2.45, 2.75) is 11.1 Å². The van der Waals surface area contributed by atoms with Crippen molar-refractivity contribution in [1.82, 2.24) is 0 Å². The monoisotopic (exact) mass is 294 g/mol. The lowest BCUT2D eigenvalue weighted by molar-refractivity contribution is -0.113. The van der Waals surface area contributed by atoms with E-state index in [0.717, 1.165) is 5.56 Å². The third kappa shape index (κ3) is 3.65. The predicted molar refractivity (Wildman–Crippen MR) is 79.8 cm³/mol. The van der Waals surface area contributed by atoms with Crippen molar-refractivity contribution in [3.63, 3.8) is 0 Å². The van der Waals surface area contributed by atoms with E-state index in [1.165, 1.54) is 11.3 Å². The van der Waals surface area contributed by atoms with Gasteiger partial charge in [-0.05, 0) is 36.1 Å². The molecule has 0 aliphatic carbocycles. The largest absolute Gasteiger partial charge is 0.399 e. The van der Waals surface area contributed by atoms with Gasteiger partial charge >= 0.3 is 0 Å². The molecule has 0 radical (unpaired) electrons. The van der Waals surface area contributed by atoms with Gasteiger partial charge in [0.15, 0.2) is 0 Å². The van der Waals surface area contributed by atoms with Gasteiger partial charge in [-0.1, -0.05) is 12.1 Å². The number of carbonyl (C=O) groups excluding carboxylic acids is 1. The Morgan fingerprint density at radius 3 is 2.89 bits per heavy atom. The number of thiophene rings is 1. The van der Waals surface area contributed by atoms with Gasteiger partial charge in [0.25, 0.3) is 0 Å². The molecule has 0 spiro atoms. The second-order valence-electron chi connectivity index (χ2n) is 4.04. The molecule has 1 aromatic carbocycles. The molecule has 0 aliphatic rings. The molecule has 6 heteroatoms. The van der Waals surface area contributed by atoms with E-state index in [-0.39, 0.29) is 11.7 Å². The number of aryl methyl sites for hydroxylation is 1. The summed E-state index contributed by atoms with van der Waals surface area (Å²) >= 11 is 1.38. The number of nitrogens with one attached hydrogen (secondary N) is 1. The minimum absolute atomic E-state index is 0.0469. The number of hydrogen-bond acceptors (Lipinski definition) is 4. The third-order valence-corrected chi connectivity index (χ3v) is 5.13. The fourth-order valence-electron chi connectivity index (χ4n) is 1.54. The molecule has 19 heavy (non-hydrogen) atoms. The van der Waals surface area contributed by atoms with E-state index in [2.05, 4.69) is 5.32 Å². The van der Waals surface area contributed by atoms with Gasteiger partial charge in [0.2, 0.25) is 5.91 Å². The van der Waals surface area contributed by atoms with Crippen LogP contribution in [0.5, 0.6) is 0 Å². The molecule has 0 fully saturated rings. The van der Waals surface area contributed by atoms with Gasteiger partial charge in [-0.3, -0.25) is 9.00 Å². The Kier molecular flexibility index (Phi) is 4.34. The van der Waals surface area contributed by atoms with Crippen LogP contribution < -0.4 is 11.1 Å². The lowest BCUT2D eigenvalue weighted by Crippen LogP contribution is -2.19. The molecule has 100 valence electrons. The van der Waals surface area contributed by atoms with Gasteiger partial charge < -0.3 is 11.1 Å². The Morgan fingerprint density at radius 2 is 2.21 bits per heavy atom. The molecule has 3 N–H and O–H groups in total. The van der Waals surface area contributed by atoms with Gasteiger partial charge in [0, 0.05) is 11.4 Å². The molecule has 0 saturated carbocycles. The first-order valence-electron chi connectivity index (χ1n) is 5.64. The van der Waals surface area contributed by atoms with Crippen molar-refractivity contribution >= 4 is 39.4 Å². The third-order valence-electron chi connectivity index (χ3n) is 2.52. The van der Waals surface area contributed by atoms with E-state index >= 15 is 0 Å². The molecule has 0 bridgehead atoms. The fourth-order valence-corrected chi connectivity index (χ4v) is 3.45. The van der Waals surface area contributed by atoms with Crippen LogP contribution in [0.15, 0.2) is 39.9 Å². The molecule has 1 amide bonds. The Morgan fingerprint density at radius 1 is 1.42 bits per heavy atom. The number of amides is 1. The summed E-state index contributed by atoms with van der Waals surface area (Å²) in [6.45, 7) is 1.88. The summed E-state index contributed by atoms with van der Waals surface area (Å²) in [5, 5.41) is 4.58. The molecule has 1 atom stereocenters. The number of anilines is 2. The minimum atomic E-state index is -1.29. The maximum absolute atomic E-state index is 11.9. The number of nitrogen functional groups attached to an aromatic ring is 1. The Balaban J connectivity index is 2.02. The van der Waals surface area contributed by atoms with Crippen molar-refractivity contribution in [1.29, 1.82) is 0 Å². The van der Waals surface area contributed by atoms with Crippen molar-refractivity contribution < 1.29 is 9.00 Å². The van der Waals surface area contributed by atoms with Gasteiger partial charge in [-0.25, -0.2) is 0 Å². The van der Waals surface area contributed by atoms with Gasteiger partial charge in [-0.2, -0.15) is 0 Å². The number of carbonyl (C=O) groups is 1. The van der Waals surface area contributed by atoms with E-state index in [1.807, 2.05) is 24.4 Å². The van der Waals surface area contributed by atoms with E-state index < -0.39 is 10.8 Å². The quantitative estimate of drug-likeness (QED) is 0.850. The molecular weight excluding hydrogens is 280 g/mol. The summed E-state index contributed by atoms with van der Waals surface area (Å²) in [6.07, 6.45) is 0. The number of nitrogens with two attached hydrogens (primary N) is 1. The van der Waals surface area contributed by atoms with Crippen LogP contribution in [0.25, 0.3) is 0 Å². The van der Waals surface area contributed by atoms with Gasteiger partial charge in [0.1, 0.15) is 5.75 Å². The Labute approximate surface area is 118 Å². The van der Waals surface area contributed by atoms with Crippen LogP contribution >= 0.6 is 11.3 Å². The number of hydrogen-bond donors (Lipinski definition) is 2. The molecule has 2 rings (SSSR count). The highest BCUT2D eigenvalue weighted by molar-refractivity contribution is 7.88.